The van der Waals surface area contributed by atoms with E-state index >= 15 is 0 Å². The number of piperidine rings is 1. The fraction of sp³-hybridized carbons (Fsp3) is 0.571. The Bertz CT molecular complexity index is 389. The van der Waals surface area contributed by atoms with E-state index < -0.39 is 0 Å². The quantitative estimate of drug-likeness (QED) is 0.813. The van der Waals surface area contributed by atoms with E-state index in [9.17, 15) is 0 Å². The normalized spacial score (nSPS) is 18.2. The van der Waals surface area contributed by atoms with E-state index in [4.69, 9.17) is 17.3 Å². The second kappa shape index (κ2) is 7.08. The van der Waals surface area contributed by atoms with Gasteiger partial charge in [-0.05, 0) is 91.2 Å². The Balaban J connectivity index is 1.89. The smallest absolute Gasteiger partial charge is 0.0409 e. The SMILES string of the molecule is NCCC1CCN(Cc2cc(Cl)ccc2I)CC1. The molecule has 2 N–H and O–H groups in total. The van der Waals surface area contributed by atoms with Gasteiger partial charge < -0.3 is 5.73 Å². The first kappa shape index (κ1) is 14.6. The molecule has 0 unspecified atom stereocenters. The van der Waals surface area contributed by atoms with Crippen molar-refractivity contribution >= 4 is 34.2 Å². The molecule has 100 valence electrons. The summed E-state index contributed by atoms with van der Waals surface area (Å²) in [5, 5.41) is 0.837. The van der Waals surface area contributed by atoms with Gasteiger partial charge in [-0.1, -0.05) is 11.6 Å². The highest BCUT2D eigenvalue weighted by Crippen LogP contribution is 2.24. The Labute approximate surface area is 128 Å². The van der Waals surface area contributed by atoms with E-state index in [1.807, 2.05) is 6.07 Å². The van der Waals surface area contributed by atoms with Gasteiger partial charge in [-0.2, -0.15) is 0 Å². The van der Waals surface area contributed by atoms with Crippen molar-refractivity contribution in [2.24, 2.45) is 11.7 Å². The zero-order valence-corrected chi connectivity index (χ0v) is 13.5. The average molecular weight is 379 g/mol. The molecule has 0 aromatic heterocycles. The Kier molecular flexibility index (Phi) is 5.73. The number of rotatable bonds is 4. The molecule has 1 aromatic rings. The summed E-state index contributed by atoms with van der Waals surface area (Å²) >= 11 is 8.45. The third-order valence-corrected chi connectivity index (χ3v) is 4.97. The number of nitrogens with zero attached hydrogens (tertiary/aromatic N) is 1. The monoisotopic (exact) mass is 378 g/mol. The molecule has 1 heterocycles. The van der Waals surface area contributed by atoms with E-state index in [1.54, 1.807) is 0 Å². The van der Waals surface area contributed by atoms with E-state index in [0.29, 0.717) is 0 Å². The highest BCUT2D eigenvalue weighted by atomic mass is 127. The first-order valence-corrected chi connectivity index (χ1v) is 8.01. The molecule has 0 saturated carbocycles. The molecule has 0 amide bonds. The number of nitrogens with two attached hydrogens (primary N) is 1. The van der Waals surface area contributed by atoms with Gasteiger partial charge in [0.05, 0.1) is 0 Å². The molecule has 18 heavy (non-hydrogen) atoms. The lowest BCUT2D eigenvalue weighted by Gasteiger charge is -2.32. The molecule has 2 nitrogen and oxygen atoms in total. The van der Waals surface area contributed by atoms with Crippen molar-refractivity contribution in [3.63, 3.8) is 0 Å². The molecule has 2 rings (SSSR count). The minimum absolute atomic E-state index is 0.830. The van der Waals surface area contributed by atoms with Crippen molar-refractivity contribution in [3.8, 4) is 0 Å². The molecule has 1 saturated heterocycles. The Hall–Kier alpha value is 0.160. The van der Waals surface area contributed by atoms with Crippen LogP contribution in [0, 0.1) is 9.49 Å². The van der Waals surface area contributed by atoms with Crippen molar-refractivity contribution in [2.45, 2.75) is 25.8 Å². The van der Waals surface area contributed by atoms with Gasteiger partial charge in [-0.3, -0.25) is 4.90 Å². The number of benzene rings is 1. The second-order valence-electron chi connectivity index (χ2n) is 5.03. The van der Waals surface area contributed by atoms with Gasteiger partial charge >= 0.3 is 0 Å². The third kappa shape index (κ3) is 4.08. The fourth-order valence-corrected chi connectivity index (χ4v) is 3.28. The molecule has 0 aliphatic carbocycles. The van der Waals surface area contributed by atoms with Gasteiger partial charge in [-0.15, -0.1) is 0 Å². The topological polar surface area (TPSA) is 29.3 Å². The van der Waals surface area contributed by atoms with Gasteiger partial charge in [0.1, 0.15) is 0 Å². The van der Waals surface area contributed by atoms with Crippen LogP contribution in [0.2, 0.25) is 5.02 Å². The Morgan fingerprint density at radius 3 is 2.72 bits per heavy atom. The molecule has 4 heteroatoms. The highest BCUT2D eigenvalue weighted by Gasteiger charge is 2.19. The van der Waals surface area contributed by atoms with Gasteiger partial charge in [0.15, 0.2) is 0 Å². The van der Waals surface area contributed by atoms with Crippen LogP contribution < -0.4 is 5.73 Å². The molecule has 0 radical (unpaired) electrons. The van der Waals surface area contributed by atoms with Gasteiger partial charge in [0, 0.05) is 15.1 Å². The maximum Gasteiger partial charge on any atom is 0.0409 e. The van der Waals surface area contributed by atoms with Crippen LogP contribution in [0.1, 0.15) is 24.8 Å². The molecule has 0 spiro atoms. The van der Waals surface area contributed by atoms with Crippen molar-refractivity contribution in [1.29, 1.82) is 0 Å². The lowest BCUT2D eigenvalue weighted by molar-refractivity contribution is 0.173. The molecule has 0 atom stereocenters. The van der Waals surface area contributed by atoms with E-state index in [-0.39, 0.29) is 0 Å². The minimum atomic E-state index is 0.830. The van der Waals surface area contributed by atoms with Crippen molar-refractivity contribution < 1.29 is 0 Å². The minimum Gasteiger partial charge on any atom is -0.330 e. The van der Waals surface area contributed by atoms with E-state index in [2.05, 4.69) is 39.6 Å². The van der Waals surface area contributed by atoms with Crippen molar-refractivity contribution in [1.82, 2.24) is 4.90 Å². The van der Waals surface area contributed by atoms with Crippen LogP contribution in [0.3, 0.4) is 0 Å². The molecular formula is C14H20ClIN2. The molecule has 1 aromatic carbocycles. The number of halogens is 2. The van der Waals surface area contributed by atoms with Crippen LogP contribution in [0.15, 0.2) is 18.2 Å². The van der Waals surface area contributed by atoms with Crippen molar-refractivity contribution in [2.75, 3.05) is 19.6 Å². The second-order valence-corrected chi connectivity index (χ2v) is 6.63. The van der Waals surface area contributed by atoms with Gasteiger partial charge in [0.2, 0.25) is 0 Å². The Morgan fingerprint density at radius 1 is 1.33 bits per heavy atom. The summed E-state index contributed by atoms with van der Waals surface area (Å²) in [6.45, 7) is 4.23. The summed E-state index contributed by atoms with van der Waals surface area (Å²) < 4.78 is 1.31. The van der Waals surface area contributed by atoms with E-state index in [1.165, 1.54) is 41.5 Å². The van der Waals surface area contributed by atoms with Crippen LogP contribution in [-0.2, 0) is 6.54 Å². The van der Waals surface area contributed by atoms with Crippen LogP contribution in [-0.4, -0.2) is 24.5 Å². The third-order valence-electron chi connectivity index (χ3n) is 3.68. The van der Waals surface area contributed by atoms with E-state index in [0.717, 1.165) is 24.0 Å². The molecule has 1 fully saturated rings. The number of likely N-dealkylation sites (tertiary alicyclic amines) is 1. The van der Waals surface area contributed by atoms with Gasteiger partial charge in [0.25, 0.3) is 0 Å². The Morgan fingerprint density at radius 2 is 2.06 bits per heavy atom. The summed E-state index contributed by atoms with van der Waals surface area (Å²) in [6, 6.07) is 6.15. The van der Waals surface area contributed by atoms with Crippen LogP contribution in [0.25, 0.3) is 0 Å². The van der Waals surface area contributed by atoms with Crippen molar-refractivity contribution in [3.05, 3.63) is 32.4 Å². The summed E-state index contributed by atoms with van der Waals surface area (Å²) in [4.78, 5) is 2.53. The molecule has 1 aliphatic rings. The number of hydrogen-bond donors (Lipinski definition) is 1. The lowest BCUT2D eigenvalue weighted by Crippen LogP contribution is -2.34. The predicted molar refractivity (Wildman–Crippen MR) is 85.8 cm³/mol. The summed E-state index contributed by atoms with van der Waals surface area (Å²) in [5.74, 6) is 0.838. The van der Waals surface area contributed by atoms with Crippen LogP contribution in [0.5, 0.6) is 0 Å². The zero-order chi connectivity index (χ0) is 13.0. The largest absolute Gasteiger partial charge is 0.330 e. The maximum absolute atomic E-state index is 6.06. The summed E-state index contributed by atoms with van der Waals surface area (Å²) in [7, 11) is 0. The highest BCUT2D eigenvalue weighted by molar-refractivity contribution is 14.1. The first-order valence-electron chi connectivity index (χ1n) is 6.55. The van der Waals surface area contributed by atoms with Crippen LogP contribution >= 0.6 is 34.2 Å². The molecule has 1 aliphatic heterocycles. The summed E-state index contributed by atoms with van der Waals surface area (Å²) in [6.07, 6.45) is 3.76. The predicted octanol–water partition coefficient (Wildman–Crippen LogP) is 3.51. The average Bonchev–Trinajstić information content (AvgIpc) is 2.37. The molecule has 0 bridgehead atoms. The standard InChI is InChI=1S/C14H20ClIN2/c15-13-1-2-14(16)12(9-13)10-18-7-4-11(3-6-17)5-8-18/h1-2,9,11H,3-8,10,17H2. The maximum atomic E-state index is 6.06. The zero-order valence-electron chi connectivity index (χ0n) is 10.5. The molecular weight excluding hydrogens is 359 g/mol. The summed E-state index contributed by atoms with van der Waals surface area (Å²) in [5.41, 5.74) is 6.97. The first-order chi connectivity index (χ1) is 8.69. The fourth-order valence-electron chi connectivity index (χ4n) is 2.57. The lowest BCUT2D eigenvalue weighted by atomic mass is 9.93. The van der Waals surface area contributed by atoms with Gasteiger partial charge in [-0.25, -0.2) is 0 Å². The number of hydrogen-bond acceptors (Lipinski definition) is 2. The van der Waals surface area contributed by atoms with Crippen LogP contribution in [0.4, 0.5) is 0 Å².